The van der Waals surface area contributed by atoms with Crippen molar-refractivity contribution in [2.75, 3.05) is 0 Å². The van der Waals surface area contributed by atoms with E-state index in [9.17, 15) is 0 Å². The Morgan fingerprint density at radius 2 is 1.82 bits per heavy atom. The summed E-state index contributed by atoms with van der Waals surface area (Å²) in [5, 5.41) is 0. The molecule has 50 valence electrons. The Balaban J connectivity index is 0.000001000. The summed E-state index contributed by atoms with van der Waals surface area (Å²) in [6.07, 6.45) is 0.675. The fraction of sp³-hybridized carbons (Fsp3) is 0.100. The third-order valence-electron chi connectivity index (χ3n) is 1.13. The van der Waals surface area contributed by atoms with Crippen LogP contribution in [0.2, 0.25) is 0 Å². The van der Waals surface area contributed by atoms with E-state index in [0.717, 1.165) is 5.56 Å². The van der Waals surface area contributed by atoms with Crippen LogP contribution in [0.1, 0.15) is 12.0 Å². The first-order valence-corrected chi connectivity index (χ1v) is 3.26. The molecule has 0 aliphatic heterocycles. The minimum absolute atomic E-state index is 0. The second-order valence-corrected chi connectivity index (χ2v) is 1.92. The number of benzene rings is 1. The van der Waals surface area contributed by atoms with Crippen LogP contribution in [0.4, 0.5) is 0 Å². The van der Waals surface area contributed by atoms with E-state index < -0.39 is 0 Å². The van der Waals surface area contributed by atoms with Gasteiger partial charge in [0.15, 0.2) is 0 Å². The number of hydrogen-bond acceptors (Lipinski definition) is 0. The molecule has 1 aromatic carbocycles. The molecule has 0 heterocycles. The van der Waals surface area contributed by atoms with Crippen molar-refractivity contribution in [3.63, 3.8) is 0 Å². The van der Waals surface area contributed by atoms with Crippen molar-refractivity contribution >= 4 is 0 Å². The van der Waals surface area contributed by atoms with Crippen molar-refractivity contribution in [3.8, 4) is 11.8 Å². The summed E-state index contributed by atoms with van der Waals surface area (Å²) in [6, 6.07) is 9.92. The van der Waals surface area contributed by atoms with Gasteiger partial charge in [-0.1, -0.05) is 24.1 Å². The Kier molecular flexibility index (Phi) is 5.77. The Labute approximate surface area is 80.2 Å². The molecule has 1 rings (SSSR count). The van der Waals surface area contributed by atoms with Crippen LogP contribution >= 0.6 is 0 Å². The van der Waals surface area contributed by atoms with Crippen molar-refractivity contribution in [3.05, 3.63) is 42.8 Å². The topological polar surface area (TPSA) is 0 Å². The van der Waals surface area contributed by atoms with E-state index >= 15 is 0 Å². The molecule has 0 atom stereocenters. The van der Waals surface area contributed by atoms with E-state index in [0.29, 0.717) is 6.42 Å². The molecule has 0 bridgehead atoms. The van der Waals surface area contributed by atoms with Crippen molar-refractivity contribution in [1.29, 1.82) is 0 Å². The standard InChI is InChI=1S/C10H9.Li/c1-2-3-7-10-8-5-4-6-9-10;/h4-6,8-9H,1-2H2;/q-1;+1. The first kappa shape index (κ1) is 10.4. The van der Waals surface area contributed by atoms with Crippen molar-refractivity contribution < 1.29 is 18.9 Å². The average Bonchev–Trinajstić information content (AvgIpc) is 2.03. The van der Waals surface area contributed by atoms with Gasteiger partial charge in [0.25, 0.3) is 0 Å². The monoisotopic (exact) mass is 136 g/mol. The number of rotatable bonds is 0. The Morgan fingerprint density at radius 3 is 2.36 bits per heavy atom. The van der Waals surface area contributed by atoms with Crippen LogP contribution < -0.4 is 18.9 Å². The summed E-state index contributed by atoms with van der Waals surface area (Å²) < 4.78 is 0. The van der Waals surface area contributed by atoms with Gasteiger partial charge < -0.3 is 6.92 Å². The zero-order valence-corrected chi connectivity index (χ0v) is 6.80. The molecule has 0 N–H and O–H groups in total. The summed E-state index contributed by atoms with van der Waals surface area (Å²) in [7, 11) is 0. The van der Waals surface area contributed by atoms with Crippen LogP contribution in [-0.2, 0) is 0 Å². The molecule has 0 amide bonds. The van der Waals surface area contributed by atoms with Gasteiger partial charge in [-0.15, -0.1) is 12.3 Å². The Bertz CT molecular complexity index is 241. The van der Waals surface area contributed by atoms with Crippen molar-refractivity contribution in [2.24, 2.45) is 0 Å². The van der Waals surface area contributed by atoms with Gasteiger partial charge in [0.1, 0.15) is 0 Å². The quantitative estimate of drug-likeness (QED) is 0.250. The molecule has 0 nitrogen and oxygen atoms in total. The van der Waals surface area contributed by atoms with E-state index in [1.54, 1.807) is 0 Å². The van der Waals surface area contributed by atoms with Crippen LogP contribution in [0.25, 0.3) is 0 Å². The zero-order valence-electron chi connectivity index (χ0n) is 6.80. The van der Waals surface area contributed by atoms with Gasteiger partial charge in [-0.25, -0.2) is 0 Å². The molecule has 11 heavy (non-hydrogen) atoms. The summed E-state index contributed by atoms with van der Waals surface area (Å²) in [5.41, 5.74) is 1.06. The third kappa shape index (κ3) is 3.94. The van der Waals surface area contributed by atoms with Gasteiger partial charge in [0.2, 0.25) is 0 Å². The molecule has 1 aromatic rings. The van der Waals surface area contributed by atoms with E-state index in [1.807, 2.05) is 30.3 Å². The first-order valence-electron chi connectivity index (χ1n) is 3.26. The fourth-order valence-electron chi connectivity index (χ4n) is 0.686. The van der Waals surface area contributed by atoms with Gasteiger partial charge in [-0.2, -0.15) is 0 Å². The molecular weight excluding hydrogens is 127 g/mol. The molecule has 0 fully saturated rings. The zero-order chi connectivity index (χ0) is 7.23. The summed E-state index contributed by atoms with van der Waals surface area (Å²) in [4.78, 5) is 0. The van der Waals surface area contributed by atoms with Crippen LogP contribution in [0.15, 0.2) is 30.3 Å². The van der Waals surface area contributed by atoms with Crippen molar-refractivity contribution in [1.82, 2.24) is 0 Å². The maximum atomic E-state index is 3.63. The molecule has 0 unspecified atom stereocenters. The second kappa shape index (κ2) is 6.11. The third-order valence-corrected chi connectivity index (χ3v) is 1.13. The Morgan fingerprint density at radius 1 is 1.18 bits per heavy atom. The maximum Gasteiger partial charge on any atom is 1.00 e. The normalized spacial score (nSPS) is 7.36. The van der Waals surface area contributed by atoms with Gasteiger partial charge >= 0.3 is 18.9 Å². The molecule has 0 radical (unpaired) electrons. The fourth-order valence-corrected chi connectivity index (χ4v) is 0.686. The van der Waals surface area contributed by atoms with Gasteiger partial charge in [0.05, 0.1) is 0 Å². The van der Waals surface area contributed by atoms with E-state index in [4.69, 9.17) is 0 Å². The van der Waals surface area contributed by atoms with Crippen LogP contribution in [0.3, 0.4) is 0 Å². The van der Waals surface area contributed by atoms with Gasteiger partial charge in [0, 0.05) is 5.56 Å². The van der Waals surface area contributed by atoms with Gasteiger partial charge in [-0.05, 0) is 12.1 Å². The molecule has 0 aliphatic rings. The molecule has 0 aliphatic carbocycles. The SMILES string of the molecule is [CH2-]CC#Cc1ccccc1.[Li+]. The molecular formula is C10H9Li. The molecule has 0 saturated carbocycles. The summed E-state index contributed by atoms with van der Waals surface area (Å²) >= 11 is 0. The van der Waals surface area contributed by atoms with Crippen LogP contribution in [0.5, 0.6) is 0 Å². The van der Waals surface area contributed by atoms with Crippen LogP contribution in [-0.4, -0.2) is 0 Å². The smallest absolute Gasteiger partial charge is 0.332 e. The van der Waals surface area contributed by atoms with E-state index in [1.165, 1.54) is 0 Å². The summed E-state index contributed by atoms with van der Waals surface area (Å²) in [6.45, 7) is 3.63. The first-order chi connectivity index (χ1) is 4.93. The Hall–Kier alpha value is -0.623. The molecule has 0 saturated heterocycles. The predicted octanol–water partition coefficient (Wildman–Crippen LogP) is -0.734. The van der Waals surface area contributed by atoms with Gasteiger partial charge in [-0.3, -0.25) is 0 Å². The summed E-state index contributed by atoms with van der Waals surface area (Å²) in [5.74, 6) is 5.89. The molecule has 1 heteroatoms. The predicted molar refractivity (Wildman–Crippen MR) is 43.3 cm³/mol. The second-order valence-electron chi connectivity index (χ2n) is 1.92. The minimum Gasteiger partial charge on any atom is -0.332 e. The molecule has 0 spiro atoms. The minimum atomic E-state index is 0. The number of hydrogen-bond donors (Lipinski definition) is 0. The maximum absolute atomic E-state index is 3.63. The van der Waals surface area contributed by atoms with Crippen LogP contribution in [0, 0.1) is 18.8 Å². The van der Waals surface area contributed by atoms with E-state index in [-0.39, 0.29) is 18.9 Å². The largest absolute Gasteiger partial charge is 1.00 e. The average molecular weight is 136 g/mol. The molecule has 0 aromatic heterocycles. The van der Waals surface area contributed by atoms with Crippen molar-refractivity contribution in [2.45, 2.75) is 6.42 Å². The van der Waals surface area contributed by atoms with E-state index in [2.05, 4.69) is 18.8 Å².